The lowest BCUT2D eigenvalue weighted by atomic mass is 10.2. The number of aromatic nitrogens is 1. The number of nitrogens with two attached hydrogens (primary N) is 1. The van der Waals surface area contributed by atoms with Crippen molar-refractivity contribution in [1.29, 1.82) is 0 Å². The summed E-state index contributed by atoms with van der Waals surface area (Å²) in [5.74, 6) is -0.590. The fraction of sp³-hybridized carbons (Fsp3) is 0. The van der Waals surface area contributed by atoms with E-state index in [0.29, 0.717) is 11.3 Å². The molecule has 0 saturated carbocycles. The summed E-state index contributed by atoms with van der Waals surface area (Å²) >= 11 is 0. The van der Waals surface area contributed by atoms with Crippen molar-refractivity contribution in [3.63, 3.8) is 0 Å². The van der Waals surface area contributed by atoms with Crippen molar-refractivity contribution in [3.8, 4) is 0 Å². The Bertz CT molecular complexity index is 476. The summed E-state index contributed by atoms with van der Waals surface area (Å²) in [4.78, 5) is 14.1. The molecule has 1 heterocycles. The number of hydrogen-bond acceptors (Lipinski definition) is 4. The Labute approximate surface area is 67.6 Å². The molecule has 1 aromatic carbocycles. The second-order valence-corrected chi connectivity index (χ2v) is 2.42. The second kappa shape index (κ2) is 2.34. The lowest BCUT2D eigenvalue weighted by Crippen LogP contribution is -2.01. The first-order chi connectivity index (χ1) is 5.75. The van der Waals surface area contributed by atoms with Crippen molar-refractivity contribution in [1.82, 2.24) is 4.98 Å². The molecule has 4 heteroatoms. The molecule has 2 N–H and O–H groups in total. The second-order valence-electron chi connectivity index (χ2n) is 2.42. The largest absolute Gasteiger partial charge is 0.439 e. The van der Waals surface area contributed by atoms with Crippen LogP contribution in [0.5, 0.6) is 0 Å². The summed E-state index contributed by atoms with van der Waals surface area (Å²) in [7, 11) is 0. The van der Waals surface area contributed by atoms with Gasteiger partial charge in [-0.05, 0) is 18.2 Å². The van der Waals surface area contributed by atoms with Crippen LogP contribution in [0.3, 0.4) is 0 Å². The maximum absolute atomic E-state index is 10.7. The van der Waals surface area contributed by atoms with Crippen LogP contribution < -0.4 is 11.5 Å². The summed E-state index contributed by atoms with van der Waals surface area (Å²) in [5, 5.41) is 0.731. The number of anilines is 1. The third-order valence-corrected chi connectivity index (χ3v) is 1.54. The summed E-state index contributed by atoms with van der Waals surface area (Å²) in [6, 6.07) is 5.02. The lowest BCUT2D eigenvalue weighted by Gasteiger charge is -1.95. The Morgan fingerprint density at radius 3 is 3.08 bits per heavy atom. The fourth-order valence-corrected chi connectivity index (χ4v) is 1.00. The fourth-order valence-electron chi connectivity index (χ4n) is 1.00. The number of nitrogen functional groups attached to an aromatic ring is 1. The zero-order valence-corrected chi connectivity index (χ0v) is 6.15. The van der Waals surface area contributed by atoms with Crippen LogP contribution in [-0.4, -0.2) is 4.98 Å². The van der Waals surface area contributed by atoms with Gasteiger partial charge in [0, 0.05) is 17.3 Å². The normalized spacial score (nSPS) is 10.3. The predicted molar refractivity (Wildman–Crippen MR) is 44.7 cm³/mol. The van der Waals surface area contributed by atoms with E-state index in [1.165, 1.54) is 6.20 Å². The molecule has 0 bridgehead atoms. The highest BCUT2D eigenvalue weighted by molar-refractivity contribution is 5.78. The lowest BCUT2D eigenvalue weighted by molar-refractivity contribution is 0.531. The average Bonchev–Trinajstić information content (AvgIpc) is 2.05. The van der Waals surface area contributed by atoms with Gasteiger partial charge in [-0.1, -0.05) is 0 Å². The van der Waals surface area contributed by atoms with Gasteiger partial charge in [-0.25, -0.2) is 4.79 Å². The summed E-state index contributed by atoms with van der Waals surface area (Å²) in [6.07, 6.45) is 1.44. The molecule has 4 nitrogen and oxygen atoms in total. The standard InChI is InChI=1S/C8H6N2O2/c9-6-1-2-7-5(3-6)4-10-8(11)12-7/h1-4H,9H2. The quantitative estimate of drug-likeness (QED) is 0.581. The first-order valence-electron chi connectivity index (χ1n) is 3.41. The minimum atomic E-state index is -0.590. The molecule has 0 atom stereocenters. The van der Waals surface area contributed by atoms with Crippen molar-refractivity contribution in [2.45, 2.75) is 0 Å². The minimum absolute atomic E-state index is 0.504. The smallest absolute Gasteiger partial charge is 0.408 e. The van der Waals surface area contributed by atoms with E-state index < -0.39 is 5.76 Å². The van der Waals surface area contributed by atoms with Gasteiger partial charge in [0.25, 0.3) is 0 Å². The first-order valence-corrected chi connectivity index (χ1v) is 3.41. The molecule has 0 amide bonds. The molecule has 0 fully saturated rings. The van der Waals surface area contributed by atoms with E-state index in [9.17, 15) is 4.79 Å². The molecule has 1 aromatic heterocycles. The van der Waals surface area contributed by atoms with Crippen molar-refractivity contribution < 1.29 is 4.42 Å². The van der Waals surface area contributed by atoms with Crippen molar-refractivity contribution in [2.24, 2.45) is 0 Å². The molecule has 0 radical (unpaired) electrons. The zero-order valence-electron chi connectivity index (χ0n) is 6.15. The van der Waals surface area contributed by atoms with E-state index in [4.69, 9.17) is 10.2 Å². The van der Waals surface area contributed by atoms with Gasteiger partial charge < -0.3 is 10.2 Å². The Hall–Kier alpha value is -1.84. The first kappa shape index (κ1) is 6.84. The van der Waals surface area contributed by atoms with E-state index in [1.807, 2.05) is 0 Å². The molecular formula is C8H6N2O2. The molecule has 60 valence electrons. The molecular weight excluding hydrogens is 156 g/mol. The molecule has 0 saturated heterocycles. The van der Waals surface area contributed by atoms with Crippen molar-refractivity contribution >= 4 is 16.7 Å². The molecule has 12 heavy (non-hydrogen) atoms. The topological polar surface area (TPSA) is 69.1 Å². The number of fused-ring (bicyclic) bond motifs is 1. The highest BCUT2D eigenvalue weighted by Gasteiger charge is 1.96. The van der Waals surface area contributed by atoms with E-state index in [2.05, 4.69) is 4.98 Å². The van der Waals surface area contributed by atoms with Gasteiger partial charge in [0.2, 0.25) is 0 Å². The maximum atomic E-state index is 10.7. The van der Waals surface area contributed by atoms with E-state index >= 15 is 0 Å². The third-order valence-electron chi connectivity index (χ3n) is 1.54. The van der Waals surface area contributed by atoms with Crippen LogP contribution in [-0.2, 0) is 0 Å². The number of nitrogens with zero attached hydrogens (tertiary/aromatic N) is 1. The number of benzene rings is 1. The van der Waals surface area contributed by atoms with Crippen LogP contribution >= 0.6 is 0 Å². The number of rotatable bonds is 0. The van der Waals surface area contributed by atoms with Gasteiger partial charge in [-0.3, -0.25) is 0 Å². The molecule has 0 aliphatic carbocycles. The van der Waals surface area contributed by atoms with Crippen LogP contribution in [0.1, 0.15) is 0 Å². The number of hydrogen-bond donors (Lipinski definition) is 1. The van der Waals surface area contributed by atoms with E-state index in [-0.39, 0.29) is 0 Å². The Kier molecular flexibility index (Phi) is 1.33. The summed E-state index contributed by atoms with van der Waals surface area (Å²) in [5.41, 5.74) is 6.64. The Morgan fingerprint density at radius 2 is 2.25 bits per heavy atom. The van der Waals surface area contributed by atoms with E-state index in [0.717, 1.165) is 5.39 Å². The maximum Gasteiger partial charge on any atom is 0.439 e. The van der Waals surface area contributed by atoms with Crippen LogP contribution in [0.4, 0.5) is 5.69 Å². The average molecular weight is 162 g/mol. The highest BCUT2D eigenvalue weighted by atomic mass is 16.4. The highest BCUT2D eigenvalue weighted by Crippen LogP contribution is 2.13. The molecule has 0 spiro atoms. The molecule has 0 aliphatic rings. The summed E-state index contributed by atoms with van der Waals surface area (Å²) < 4.78 is 4.79. The van der Waals surface area contributed by atoms with Gasteiger partial charge in [0.1, 0.15) is 5.58 Å². The molecule has 2 aromatic rings. The zero-order chi connectivity index (χ0) is 8.55. The molecule has 0 unspecified atom stereocenters. The monoisotopic (exact) mass is 162 g/mol. The van der Waals surface area contributed by atoms with Crippen molar-refractivity contribution in [2.75, 3.05) is 5.73 Å². The van der Waals surface area contributed by atoms with Gasteiger partial charge in [0.05, 0.1) is 0 Å². The molecule has 0 aliphatic heterocycles. The van der Waals surface area contributed by atoms with Gasteiger partial charge >= 0.3 is 5.76 Å². The Morgan fingerprint density at radius 1 is 1.42 bits per heavy atom. The predicted octanol–water partition coefficient (Wildman–Crippen LogP) is 0.770. The van der Waals surface area contributed by atoms with Crippen LogP contribution in [0, 0.1) is 0 Å². The Balaban J connectivity index is 2.87. The van der Waals surface area contributed by atoms with Gasteiger partial charge in [0.15, 0.2) is 0 Å². The van der Waals surface area contributed by atoms with Gasteiger partial charge in [-0.15, -0.1) is 0 Å². The minimum Gasteiger partial charge on any atom is -0.408 e. The summed E-state index contributed by atoms with van der Waals surface area (Å²) in [6.45, 7) is 0. The van der Waals surface area contributed by atoms with Crippen LogP contribution in [0.15, 0.2) is 33.6 Å². The third kappa shape index (κ3) is 1.03. The van der Waals surface area contributed by atoms with Crippen molar-refractivity contribution in [3.05, 3.63) is 34.9 Å². The van der Waals surface area contributed by atoms with Gasteiger partial charge in [-0.2, -0.15) is 4.98 Å². The molecule has 2 rings (SSSR count). The van der Waals surface area contributed by atoms with Crippen LogP contribution in [0.25, 0.3) is 11.0 Å². The SMILES string of the molecule is Nc1ccc2oc(=O)ncc2c1. The van der Waals surface area contributed by atoms with E-state index in [1.54, 1.807) is 18.2 Å². The van der Waals surface area contributed by atoms with Crippen LogP contribution in [0.2, 0.25) is 0 Å².